The third kappa shape index (κ3) is 6.16. The Kier molecular flexibility index (Phi) is 10.1. The first-order valence-electron chi connectivity index (χ1n) is 9.19. The smallest absolute Gasteiger partial charge is 0.225 e. The summed E-state index contributed by atoms with van der Waals surface area (Å²) in [5.74, 6) is 0.462. The van der Waals surface area contributed by atoms with E-state index in [1.54, 1.807) is 7.11 Å². The van der Waals surface area contributed by atoms with E-state index in [0.717, 1.165) is 36.5 Å². The molecule has 0 aromatic heterocycles. The molecule has 3 atom stereocenters. The van der Waals surface area contributed by atoms with Crippen LogP contribution in [0.4, 0.5) is 5.69 Å². The van der Waals surface area contributed by atoms with Crippen LogP contribution < -0.4 is 20.7 Å². The van der Waals surface area contributed by atoms with Gasteiger partial charge < -0.3 is 20.7 Å². The number of nitrogens with two attached hydrogens (primary N) is 1. The van der Waals surface area contributed by atoms with Crippen molar-refractivity contribution >= 4 is 48.0 Å². The normalized spacial score (nSPS) is 17.5. The Morgan fingerprint density at radius 1 is 1.24 bits per heavy atom. The van der Waals surface area contributed by atoms with Gasteiger partial charge in [-0.1, -0.05) is 48.9 Å². The average Bonchev–Trinajstić information content (AvgIpc) is 3.15. The number of hydrogen-bond acceptors (Lipinski definition) is 4. The number of carbonyl (C=O) groups excluding carboxylic acids is 1. The molecule has 3 N–H and O–H groups in total. The lowest BCUT2D eigenvalue weighted by molar-refractivity contribution is -0.125. The minimum atomic E-state index is -0.322. The largest absolute Gasteiger partial charge is 0.495 e. The van der Waals surface area contributed by atoms with E-state index in [2.05, 4.69) is 10.2 Å². The van der Waals surface area contributed by atoms with Crippen molar-refractivity contribution in [3.63, 3.8) is 0 Å². The summed E-state index contributed by atoms with van der Waals surface area (Å²) in [6.07, 6.45) is 0.870. The van der Waals surface area contributed by atoms with E-state index in [0.29, 0.717) is 5.02 Å². The highest BCUT2D eigenvalue weighted by molar-refractivity contribution is 6.30. The highest BCUT2D eigenvalue weighted by atomic mass is 35.5. The van der Waals surface area contributed by atoms with E-state index >= 15 is 0 Å². The van der Waals surface area contributed by atoms with Crippen molar-refractivity contribution in [1.82, 2.24) is 5.32 Å². The minimum absolute atomic E-state index is 0. The first kappa shape index (κ1) is 25.4. The molecule has 8 heteroatoms. The Morgan fingerprint density at radius 3 is 2.59 bits per heavy atom. The summed E-state index contributed by atoms with van der Waals surface area (Å²) < 4.78 is 5.44. The topological polar surface area (TPSA) is 67.6 Å². The number of anilines is 1. The van der Waals surface area contributed by atoms with Gasteiger partial charge in [0.15, 0.2) is 0 Å². The molecule has 1 aliphatic rings. The number of amides is 1. The van der Waals surface area contributed by atoms with Gasteiger partial charge in [-0.3, -0.25) is 4.79 Å². The Hall–Kier alpha value is -1.66. The second kappa shape index (κ2) is 11.5. The Balaban J connectivity index is 0.00000210. The standard InChI is InChI=1S/C21H26ClN3O2.2ClH/c1-14(20(23)15-6-4-3-5-7-15)21(26)24-17-10-11-25(13-17)18-12-16(22)8-9-19(18)27-2;;/h3-9,12,14,17,20H,10-11,13,23H2,1-2H3,(H,24,26);2*1H. The Morgan fingerprint density at radius 2 is 1.93 bits per heavy atom. The van der Waals surface area contributed by atoms with Crippen molar-refractivity contribution in [2.24, 2.45) is 11.7 Å². The fourth-order valence-electron chi connectivity index (χ4n) is 3.47. The molecule has 3 unspecified atom stereocenters. The third-order valence-electron chi connectivity index (χ3n) is 5.15. The van der Waals surface area contributed by atoms with Crippen molar-refractivity contribution in [3.8, 4) is 5.75 Å². The van der Waals surface area contributed by atoms with Crippen LogP contribution >= 0.6 is 36.4 Å². The maximum atomic E-state index is 12.7. The van der Waals surface area contributed by atoms with Crippen molar-refractivity contribution in [2.45, 2.75) is 25.4 Å². The highest BCUT2D eigenvalue weighted by Gasteiger charge is 2.29. The molecule has 0 radical (unpaired) electrons. The highest BCUT2D eigenvalue weighted by Crippen LogP contribution is 2.33. The molecule has 1 saturated heterocycles. The predicted octanol–water partition coefficient (Wildman–Crippen LogP) is 4.22. The molecule has 2 aromatic carbocycles. The fourth-order valence-corrected chi connectivity index (χ4v) is 3.63. The molecular formula is C21H28Cl3N3O2. The van der Waals surface area contributed by atoms with E-state index < -0.39 is 0 Å². The zero-order valence-corrected chi connectivity index (χ0v) is 18.9. The van der Waals surface area contributed by atoms with Crippen molar-refractivity contribution in [1.29, 1.82) is 0 Å². The van der Waals surface area contributed by atoms with Gasteiger partial charge >= 0.3 is 0 Å². The number of benzene rings is 2. The molecule has 5 nitrogen and oxygen atoms in total. The van der Waals surface area contributed by atoms with Gasteiger partial charge in [0.05, 0.1) is 18.7 Å². The maximum absolute atomic E-state index is 12.7. The summed E-state index contributed by atoms with van der Waals surface area (Å²) in [6.45, 7) is 3.43. The van der Waals surface area contributed by atoms with Gasteiger partial charge in [0, 0.05) is 30.2 Å². The van der Waals surface area contributed by atoms with Crippen LogP contribution in [0.25, 0.3) is 0 Å². The summed E-state index contributed by atoms with van der Waals surface area (Å²) in [7, 11) is 1.65. The van der Waals surface area contributed by atoms with Crippen LogP contribution in [0.2, 0.25) is 5.02 Å². The first-order valence-corrected chi connectivity index (χ1v) is 9.56. The summed E-state index contributed by atoms with van der Waals surface area (Å²) >= 11 is 6.14. The molecular weight excluding hydrogens is 433 g/mol. The number of nitrogens with one attached hydrogen (secondary N) is 1. The Bertz CT molecular complexity index is 792. The van der Waals surface area contributed by atoms with Crippen LogP contribution in [0, 0.1) is 5.92 Å². The Labute approximate surface area is 189 Å². The summed E-state index contributed by atoms with van der Waals surface area (Å²) in [4.78, 5) is 14.9. The van der Waals surface area contributed by atoms with Crippen LogP contribution in [-0.2, 0) is 4.79 Å². The molecule has 0 bridgehead atoms. The van der Waals surface area contributed by atoms with Gasteiger partial charge in [0.25, 0.3) is 0 Å². The molecule has 1 aliphatic heterocycles. The minimum Gasteiger partial charge on any atom is -0.495 e. The fraction of sp³-hybridized carbons (Fsp3) is 0.381. The van der Waals surface area contributed by atoms with Gasteiger partial charge in [-0.05, 0) is 30.2 Å². The van der Waals surface area contributed by atoms with Gasteiger partial charge in [0.2, 0.25) is 5.91 Å². The lowest BCUT2D eigenvalue weighted by atomic mass is 9.94. The van der Waals surface area contributed by atoms with Crippen LogP contribution in [0.3, 0.4) is 0 Å². The zero-order chi connectivity index (χ0) is 19.4. The van der Waals surface area contributed by atoms with Gasteiger partial charge in [-0.25, -0.2) is 0 Å². The van der Waals surface area contributed by atoms with Crippen LogP contribution in [-0.4, -0.2) is 32.1 Å². The second-order valence-corrected chi connectivity index (χ2v) is 7.42. The number of halogens is 3. The molecule has 0 saturated carbocycles. The van der Waals surface area contributed by atoms with E-state index in [1.165, 1.54) is 0 Å². The quantitative estimate of drug-likeness (QED) is 0.677. The number of hydrogen-bond donors (Lipinski definition) is 2. The van der Waals surface area contributed by atoms with Gasteiger partial charge in [-0.2, -0.15) is 0 Å². The molecule has 1 heterocycles. The van der Waals surface area contributed by atoms with Crippen molar-refractivity contribution in [2.75, 3.05) is 25.1 Å². The predicted molar refractivity (Wildman–Crippen MR) is 124 cm³/mol. The number of nitrogens with zero attached hydrogens (tertiary/aromatic N) is 1. The van der Waals surface area contributed by atoms with E-state index in [1.807, 2.05) is 55.5 Å². The molecule has 29 heavy (non-hydrogen) atoms. The average molecular weight is 461 g/mol. The number of rotatable bonds is 6. The van der Waals surface area contributed by atoms with E-state index in [9.17, 15) is 4.79 Å². The SMILES string of the molecule is COc1ccc(Cl)cc1N1CCC(NC(=O)C(C)C(N)c2ccccc2)C1.Cl.Cl. The molecule has 1 fully saturated rings. The van der Waals surface area contributed by atoms with Crippen LogP contribution in [0.1, 0.15) is 24.9 Å². The monoisotopic (exact) mass is 459 g/mol. The lowest BCUT2D eigenvalue weighted by Gasteiger charge is -2.24. The maximum Gasteiger partial charge on any atom is 0.225 e. The summed E-state index contributed by atoms with van der Waals surface area (Å²) in [6, 6.07) is 15.1. The van der Waals surface area contributed by atoms with E-state index in [4.69, 9.17) is 22.1 Å². The number of ether oxygens (including phenoxy) is 1. The van der Waals surface area contributed by atoms with Crippen LogP contribution in [0.5, 0.6) is 5.75 Å². The third-order valence-corrected chi connectivity index (χ3v) is 5.39. The molecule has 2 aromatic rings. The van der Waals surface area contributed by atoms with E-state index in [-0.39, 0.29) is 48.7 Å². The molecule has 1 amide bonds. The molecule has 160 valence electrons. The second-order valence-electron chi connectivity index (χ2n) is 6.98. The number of carbonyl (C=O) groups is 1. The van der Waals surface area contributed by atoms with Gasteiger partial charge in [-0.15, -0.1) is 24.8 Å². The van der Waals surface area contributed by atoms with Crippen molar-refractivity contribution < 1.29 is 9.53 Å². The summed E-state index contributed by atoms with van der Waals surface area (Å²) in [5, 5.41) is 3.81. The van der Waals surface area contributed by atoms with Crippen LogP contribution in [0.15, 0.2) is 48.5 Å². The summed E-state index contributed by atoms with van der Waals surface area (Å²) in [5.41, 5.74) is 8.21. The first-order chi connectivity index (χ1) is 13.0. The molecule has 3 rings (SSSR count). The zero-order valence-electron chi connectivity index (χ0n) is 16.5. The number of methoxy groups -OCH3 is 1. The molecule has 0 spiro atoms. The lowest BCUT2D eigenvalue weighted by Crippen LogP contribution is -2.42. The van der Waals surface area contributed by atoms with Crippen molar-refractivity contribution in [3.05, 3.63) is 59.1 Å². The molecule has 0 aliphatic carbocycles. The van der Waals surface area contributed by atoms with Gasteiger partial charge in [0.1, 0.15) is 5.75 Å².